The van der Waals surface area contributed by atoms with E-state index in [0.717, 1.165) is 65.2 Å². The van der Waals surface area contributed by atoms with Gasteiger partial charge in [0.05, 0.1) is 21.8 Å². The van der Waals surface area contributed by atoms with Crippen LogP contribution in [0, 0.1) is 13.8 Å². The average Bonchev–Trinajstić information content (AvgIpc) is 3.26. The van der Waals surface area contributed by atoms with E-state index >= 15 is 0 Å². The maximum absolute atomic E-state index is 12.9. The van der Waals surface area contributed by atoms with Crippen molar-refractivity contribution in [1.29, 1.82) is 0 Å². The number of rotatable bonds is 9. The van der Waals surface area contributed by atoms with E-state index in [4.69, 9.17) is 14.7 Å². The second kappa shape index (κ2) is 12.0. The second-order valence-corrected chi connectivity index (χ2v) is 10.3. The Morgan fingerprint density at radius 2 is 1.79 bits per heavy atom. The van der Waals surface area contributed by atoms with Gasteiger partial charge in [0.15, 0.2) is 6.61 Å². The molecule has 1 saturated carbocycles. The van der Waals surface area contributed by atoms with Crippen molar-refractivity contribution in [2.24, 2.45) is 0 Å². The lowest BCUT2D eigenvalue weighted by Gasteiger charge is -2.21. The number of aliphatic carboxylic acids is 1. The van der Waals surface area contributed by atoms with Gasteiger partial charge in [-0.15, -0.1) is 11.3 Å². The number of aromatic nitrogens is 1. The molecule has 2 N–H and O–H groups in total. The number of hydrogen-bond donors (Lipinski definition) is 2. The van der Waals surface area contributed by atoms with E-state index in [1.807, 2.05) is 26.0 Å². The molecule has 0 spiro atoms. The van der Waals surface area contributed by atoms with Crippen molar-refractivity contribution in [3.63, 3.8) is 0 Å². The molecule has 1 aliphatic rings. The molecule has 0 atom stereocenters. The van der Waals surface area contributed by atoms with Crippen LogP contribution < -0.4 is 10.2 Å². The Labute approximate surface area is 223 Å². The monoisotopic (exact) mass is 546 g/mol. The topological polar surface area (TPSA) is 80.7 Å². The molecule has 1 heterocycles. The van der Waals surface area contributed by atoms with Crippen LogP contribution in [0.4, 0.5) is 13.2 Å². The number of thiazole rings is 1. The second-order valence-electron chi connectivity index (χ2n) is 9.20. The third kappa shape index (κ3) is 6.93. The van der Waals surface area contributed by atoms with Gasteiger partial charge in [-0.2, -0.15) is 13.2 Å². The van der Waals surface area contributed by atoms with E-state index in [0.29, 0.717) is 16.3 Å². The number of carboxylic acids is 1. The molecule has 0 unspecified atom stereocenters. The van der Waals surface area contributed by atoms with Crippen LogP contribution in [-0.4, -0.2) is 22.7 Å². The molecule has 3 aromatic rings. The zero-order chi connectivity index (χ0) is 27.3. The van der Waals surface area contributed by atoms with Gasteiger partial charge >= 0.3 is 12.1 Å². The van der Waals surface area contributed by atoms with Gasteiger partial charge < -0.3 is 9.84 Å². The van der Waals surface area contributed by atoms with Crippen LogP contribution >= 0.6 is 11.3 Å². The number of ether oxygens (including phenoxy) is 1. The molecular weight excluding hydrogens is 517 g/mol. The van der Waals surface area contributed by atoms with Crippen molar-refractivity contribution < 1.29 is 32.6 Å². The number of hydrogen-bond acceptors (Lipinski definition) is 6. The van der Waals surface area contributed by atoms with Crippen molar-refractivity contribution >= 4 is 23.0 Å². The molecule has 0 radical (unpaired) electrons. The Balaban J connectivity index is 1.48. The Morgan fingerprint density at radius 1 is 1.08 bits per heavy atom. The number of nitrogens with zero attached hydrogens (tertiary/aromatic N) is 1. The van der Waals surface area contributed by atoms with Gasteiger partial charge in [0.25, 0.3) is 0 Å². The van der Waals surface area contributed by atoms with E-state index < -0.39 is 24.3 Å². The minimum Gasteiger partial charge on any atom is -0.482 e. The van der Waals surface area contributed by atoms with Crippen molar-refractivity contribution in [2.45, 2.75) is 58.7 Å². The SMILES string of the molecule is Cc1cc(C(NOCc2sc(-c3ccc(C(F)(F)F)cc3)nc2C)=C2CCCCC2)ccc1OCC(=O)O. The summed E-state index contributed by atoms with van der Waals surface area (Å²) in [6, 6.07) is 10.6. The highest BCUT2D eigenvalue weighted by atomic mass is 32.1. The summed E-state index contributed by atoms with van der Waals surface area (Å²) >= 11 is 1.38. The molecule has 6 nitrogen and oxygen atoms in total. The molecule has 1 aromatic heterocycles. The lowest BCUT2D eigenvalue weighted by molar-refractivity contribution is -0.139. The average molecular weight is 547 g/mol. The summed E-state index contributed by atoms with van der Waals surface area (Å²) in [5.41, 5.74) is 7.74. The van der Waals surface area contributed by atoms with Crippen LogP contribution in [-0.2, 0) is 22.4 Å². The third-order valence-electron chi connectivity index (χ3n) is 6.35. The smallest absolute Gasteiger partial charge is 0.416 e. The van der Waals surface area contributed by atoms with Crippen molar-refractivity contribution in [1.82, 2.24) is 10.5 Å². The number of allylic oxidation sites excluding steroid dienone is 1. The van der Waals surface area contributed by atoms with Crippen molar-refractivity contribution in [3.05, 3.63) is 75.3 Å². The molecule has 0 amide bonds. The fraction of sp³-hybridized carbons (Fsp3) is 0.357. The normalized spacial score (nSPS) is 13.9. The van der Waals surface area contributed by atoms with E-state index in [1.54, 1.807) is 6.07 Å². The number of carbonyl (C=O) groups is 1. The molecule has 4 rings (SSSR count). The Bertz CT molecular complexity index is 1310. The number of hydroxylamine groups is 1. The summed E-state index contributed by atoms with van der Waals surface area (Å²) in [6.07, 6.45) is 0.926. The maximum Gasteiger partial charge on any atom is 0.416 e. The summed E-state index contributed by atoms with van der Waals surface area (Å²) in [7, 11) is 0. The number of aryl methyl sites for hydroxylation is 2. The van der Waals surface area contributed by atoms with Gasteiger partial charge in [0.1, 0.15) is 17.4 Å². The molecule has 202 valence electrons. The third-order valence-corrected chi connectivity index (χ3v) is 7.53. The fourth-order valence-corrected chi connectivity index (χ4v) is 5.31. The molecule has 0 bridgehead atoms. The maximum atomic E-state index is 12.9. The van der Waals surface area contributed by atoms with Crippen LogP contribution in [0.5, 0.6) is 5.75 Å². The first-order chi connectivity index (χ1) is 18.1. The summed E-state index contributed by atoms with van der Waals surface area (Å²) in [4.78, 5) is 22.2. The number of nitrogens with one attached hydrogen (secondary N) is 1. The fourth-order valence-electron chi connectivity index (χ4n) is 4.33. The summed E-state index contributed by atoms with van der Waals surface area (Å²) in [5.74, 6) is -0.519. The van der Waals surface area contributed by atoms with Crippen LogP contribution in [0.25, 0.3) is 16.3 Å². The molecule has 38 heavy (non-hydrogen) atoms. The molecule has 0 saturated heterocycles. The lowest BCUT2D eigenvalue weighted by atomic mass is 9.91. The molecule has 2 aromatic carbocycles. The molecule has 0 aliphatic heterocycles. The largest absolute Gasteiger partial charge is 0.482 e. The Kier molecular flexibility index (Phi) is 8.73. The number of carboxylic acid groups (broad SMARTS) is 1. The van der Waals surface area contributed by atoms with E-state index in [9.17, 15) is 18.0 Å². The lowest BCUT2D eigenvalue weighted by Crippen LogP contribution is -2.17. The van der Waals surface area contributed by atoms with Gasteiger partial charge in [0, 0.05) is 11.1 Å². The molecule has 10 heteroatoms. The standard InChI is InChI=1S/C28H29F3N2O4S/c1-17-14-21(10-13-23(17)36-16-25(34)35)26(19-6-4-3-5-7-19)33-37-15-24-18(2)32-27(38-24)20-8-11-22(12-9-20)28(29,30)31/h8-14,33H,3-7,15-16H2,1-2H3,(H,34,35). The van der Waals surface area contributed by atoms with Gasteiger partial charge in [-0.1, -0.05) is 18.6 Å². The number of alkyl halides is 3. The van der Waals surface area contributed by atoms with Crippen LogP contribution in [0.15, 0.2) is 48.0 Å². The predicted octanol–water partition coefficient (Wildman–Crippen LogP) is 7.31. The van der Waals surface area contributed by atoms with Gasteiger partial charge in [-0.25, -0.2) is 9.78 Å². The van der Waals surface area contributed by atoms with E-state index in [1.165, 1.54) is 35.5 Å². The minimum atomic E-state index is -4.38. The van der Waals surface area contributed by atoms with E-state index in [2.05, 4.69) is 10.5 Å². The molecule has 1 aliphatic carbocycles. The van der Waals surface area contributed by atoms with Gasteiger partial charge in [-0.3, -0.25) is 10.3 Å². The van der Waals surface area contributed by atoms with Gasteiger partial charge in [0.2, 0.25) is 0 Å². The number of halogens is 3. The highest BCUT2D eigenvalue weighted by molar-refractivity contribution is 7.15. The first-order valence-electron chi connectivity index (χ1n) is 12.3. The van der Waals surface area contributed by atoms with Gasteiger partial charge in [-0.05, 0) is 81.0 Å². The summed E-state index contributed by atoms with van der Waals surface area (Å²) in [5, 5.41) is 9.52. The molecule has 1 fully saturated rings. The first-order valence-corrected chi connectivity index (χ1v) is 13.1. The first kappa shape index (κ1) is 27.7. The highest BCUT2D eigenvalue weighted by Crippen LogP contribution is 2.34. The zero-order valence-electron chi connectivity index (χ0n) is 21.2. The summed E-state index contributed by atoms with van der Waals surface area (Å²) in [6.45, 7) is 3.55. The Hall–Kier alpha value is -3.37. The van der Waals surface area contributed by atoms with Crippen molar-refractivity contribution in [3.8, 4) is 16.3 Å². The van der Waals surface area contributed by atoms with Crippen LogP contribution in [0.3, 0.4) is 0 Å². The quantitative estimate of drug-likeness (QED) is 0.274. The zero-order valence-corrected chi connectivity index (χ0v) is 22.0. The van der Waals surface area contributed by atoms with E-state index in [-0.39, 0.29) is 6.61 Å². The minimum absolute atomic E-state index is 0.236. The highest BCUT2D eigenvalue weighted by Gasteiger charge is 2.30. The number of benzene rings is 2. The van der Waals surface area contributed by atoms with Crippen LogP contribution in [0.1, 0.15) is 59.4 Å². The Morgan fingerprint density at radius 3 is 2.42 bits per heavy atom. The predicted molar refractivity (Wildman–Crippen MR) is 140 cm³/mol. The molecular formula is C28H29F3N2O4S. The van der Waals surface area contributed by atoms with Crippen molar-refractivity contribution in [2.75, 3.05) is 6.61 Å². The summed E-state index contributed by atoms with van der Waals surface area (Å²) < 4.78 is 44.0. The van der Waals surface area contributed by atoms with Crippen LogP contribution in [0.2, 0.25) is 0 Å².